The van der Waals surface area contributed by atoms with Crippen LogP contribution in [0.15, 0.2) is 24.3 Å². The van der Waals surface area contributed by atoms with E-state index in [1.807, 2.05) is 6.07 Å². The number of methoxy groups -OCH3 is 1. The molecule has 0 amide bonds. The fraction of sp³-hybridized carbons (Fsp3) is 0.667. The van der Waals surface area contributed by atoms with Gasteiger partial charge in [0.25, 0.3) is 0 Å². The smallest absolute Gasteiger partial charge is 0.122 e. The molecule has 1 aromatic rings. The van der Waals surface area contributed by atoms with Crippen LogP contribution in [0.4, 0.5) is 0 Å². The molecule has 0 saturated heterocycles. The summed E-state index contributed by atoms with van der Waals surface area (Å²) in [5.41, 5.74) is 1.38. The van der Waals surface area contributed by atoms with Gasteiger partial charge in [0.05, 0.1) is 7.11 Å². The van der Waals surface area contributed by atoms with Crippen molar-refractivity contribution in [1.82, 2.24) is 10.2 Å². The third-order valence-electron chi connectivity index (χ3n) is 5.24. The van der Waals surface area contributed by atoms with Gasteiger partial charge >= 0.3 is 0 Å². The molecular weight excluding hydrogens is 260 g/mol. The maximum Gasteiger partial charge on any atom is 0.122 e. The van der Waals surface area contributed by atoms with Gasteiger partial charge in [-0.1, -0.05) is 18.2 Å². The average Bonchev–Trinajstić information content (AvgIpc) is 3.29. The topological polar surface area (TPSA) is 24.5 Å². The number of benzene rings is 1. The van der Waals surface area contributed by atoms with Gasteiger partial charge < -0.3 is 10.1 Å². The van der Waals surface area contributed by atoms with Crippen molar-refractivity contribution < 1.29 is 4.74 Å². The largest absolute Gasteiger partial charge is 0.496 e. The Morgan fingerprint density at radius 3 is 2.67 bits per heavy atom. The lowest BCUT2D eigenvalue weighted by molar-refractivity contribution is 0.212. The van der Waals surface area contributed by atoms with Crippen molar-refractivity contribution in [3.63, 3.8) is 0 Å². The van der Waals surface area contributed by atoms with Crippen molar-refractivity contribution in [3.05, 3.63) is 29.8 Å². The minimum absolute atomic E-state index is 0.641. The normalized spacial score (nSPS) is 26.5. The molecule has 1 unspecified atom stereocenters. The molecule has 1 atom stereocenters. The predicted octanol–water partition coefficient (Wildman–Crippen LogP) is 3.01. The zero-order chi connectivity index (χ0) is 14.8. The second kappa shape index (κ2) is 6.37. The average molecular weight is 288 g/mol. The highest BCUT2D eigenvalue weighted by Crippen LogP contribution is 2.40. The molecule has 0 aliphatic heterocycles. The lowest BCUT2D eigenvalue weighted by atomic mass is 9.75. The molecule has 1 N–H and O–H groups in total. The number of hydrogen-bond acceptors (Lipinski definition) is 3. The zero-order valence-electron chi connectivity index (χ0n) is 13.5. The highest BCUT2D eigenvalue weighted by atomic mass is 16.5. The first-order chi connectivity index (χ1) is 10.2. The zero-order valence-corrected chi connectivity index (χ0v) is 13.5. The maximum atomic E-state index is 5.47. The van der Waals surface area contributed by atoms with Crippen molar-refractivity contribution in [2.45, 2.75) is 56.7 Å². The molecule has 0 radical (unpaired) electrons. The third kappa shape index (κ3) is 3.41. The van der Waals surface area contributed by atoms with Crippen LogP contribution in [0.1, 0.15) is 44.1 Å². The second-order valence-corrected chi connectivity index (χ2v) is 6.76. The van der Waals surface area contributed by atoms with Crippen LogP contribution in [-0.2, 0) is 0 Å². The van der Waals surface area contributed by atoms with Gasteiger partial charge in [-0.05, 0) is 57.2 Å². The van der Waals surface area contributed by atoms with Crippen molar-refractivity contribution in [2.75, 3.05) is 20.7 Å². The maximum absolute atomic E-state index is 5.47. The summed E-state index contributed by atoms with van der Waals surface area (Å²) in [4.78, 5) is 2.53. The molecule has 2 aliphatic rings. The Labute approximate surface area is 128 Å². The van der Waals surface area contributed by atoms with Crippen LogP contribution in [0.25, 0.3) is 0 Å². The monoisotopic (exact) mass is 288 g/mol. The van der Waals surface area contributed by atoms with Gasteiger partial charge in [0.15, 0.2) is 0 Å². The van der Waals surface area contributed by atoms with Gasteiger partial charge in [-0.25, -0.2) is 0 Å². The summed E-state index contributed by atoms with van der Waals surface area (Å²) in [6.07, 6.45) is 5.25. The van der Waals surface area contributed by atoms with Gasteiger partial charge in [-0.3, -0.25) is 4.90 Å². The summed E-state index contributed by atoms with van der Waals surface area (Å²) in [7, 11) is 4.03. The molecule has 0 bridgehead atoms. The van der Waals surface area contributed by atoms with E-state index in [0.29, 0.717) is 18.0 Å². The predicted molar refractivity (Wildman–Crippen MR) is 87.0 cm³/mol. The molecule has 3 nitrogen and oxygen atoms in total. The van der Waals surface area contributed by atoms with Gasteiger partial charge in [0.1, 0.15) is 5.75 Å². The van der Waals surface area contributed by atoms with E-state index in [-0.39, 0.29) is 0 Å². The van der Waals surface area contributed by atoms with Crippen molar-refractivity contribution in [1.29, 1.82) is 0 Å². The van der Waals surface area contributed by atoms with E-state index >= 15 is 0 Å². The molecular formula is C18H28N2O. The molecule has 2 saturated carbocycles. The third-order valence-corrected chi connectivity index (χ3v) is 5.24. The number of nitrogens with one attached hydrogen (secondary N) is 1. The molecule has 116 valence electrons. The number of nitrogens with zero attached hydrogens (tertiary/aromatic N) is 1. The van der Waals surface area contributed by atoms with Crippen LogP contribution in [0.5, 0.6) is 5.75 Å². The van der Waals surface area contributed by atoms with E-state index in [9.17, 15) is 0 Å². The van der Waals surface area contributed by atoms with E-state index in [2.05, 4.69) is 42.4 Å². The lowest BCUT2D eigenvalue weighted by Crippen LogP contribution is -2.46. The Morgan fingerprint density at radius 2 is 2.00 bits per heavy atom. The number of ether oxygens (including phenoxy) is 1. The van der Waals surface area contributed by atoms with Crippen LogP contribution in [-0.4, -0.2) is 43.7 Å². The van der Waals surface area contributed by atoms with E-state index < -0.39 is 0 Å². The van der Waals surface area contributed by atoms with Gasteiger partial charge in [0.2, 0.25) is 0 Å². The fourth-order valence-electron chi connectivity index (χ4n) is 3.37. The van der Waals surface area contributed by atoms with Crippen molar-refractivity contribution in [3.8, 4) is 5.75 Å². The van der Waals surface area contributed by atoms with Gasteiger partial charge in [-0.15, -0.1) is 0 Å². The highest BCUT2D eigenvalue weighted by Gasteiger charge is 2.33. The van der Waals surface area contributed by atoms with E-state index in [1.165, 1.54) is 31.2 Å². The molecule has 0 heterocycles. The van der Waals surface area contributed by atoms with Crippen molar-refractivity contribution >= 4 is 0 Å². The first kappa shape index (κ1) is 14.9. The Bertz CT molecular complexity index is 466. The second-order valence-electron chi connectivity index (χ2n) is 6.76. The Hall–Kier alpha value is -1.06. The fourth-order valence-corrected chi connectivity index (χ4v) is 3.37. The molecule has 0 spiro atoms. The Balaban J connectivity index is 1.43. The number of likely N-dealkylation sites (N-methyl/N-ethyl adjacent to an activating group) is 1. The summed E-state index contributed by atoms with van der Waals surface area (Å²) in [6, 6.07) is 10.6. The molecule has 0 aromatic heterocycles. The standard InChI is InChI=1S/C18H28N2O/c1-13(20(2)16-8-9-16)12-19-15-10-14(11-15)17-6-4-5-7-18(17)21-3/h4-7,13-16,19H,8-12H2,1-3H3. The van der Waals surface area contributed by atoms with Crippen LogP contribution in [0, 0.1) is 0 Å². The summed E-state index contributed by atoms with van der Waals surface area (Å²) < 4.78 is 5.47. The SMILES string of the molecule is COc1ccccc1C1CC(NCC(C)N(C)C2CC2)C1. The minimum atomic E-state index is 0.641. The van der Waals surface area contributed by atoms with Gasteiger partial charge in [-0.2, -0.15) is 0 Å². The highest BCUT2D eigenvalue weighted by molar-refractivity contribution is 5.37. The number of rotatable bonds is 7. The molecule has 1 aromatic carbocycles. The lowest BCUT2D eigenvalue weighted by Gasteiger charge is -2.38. The Morgan fingerprint density at radius 1 is 1.29 bits per heavy atom. The molecule has 2 fully saturated rings. The van der Waals surface area contributed by atoms with E-state index in [4.69, 9.17) is 4.74 Å². The number of hydrogen-bond donors (Lipinski definition) is 1. The molecule has 3 heteroatoms. The summed E-state index contributed by atoms with van der Waals surface area (Å²) in [5, 5.41) is 3.74. The Kier molecular flexibility index (Phi) is 4.51. The van der Waals surface area contributed by atoms with Gasteiger partial charge in [0, 0.05) is 24.7 Å². The summed E-state index contributed by atoms with van der Waals surface area (Å²) in [6.45, 7) is 3.44. The molecule has 3 rings (SSSR count). The van der Waals surface area contributed by atoms with Crippen molar-refractivity contribution in [2.24, 2.45) is 0 Å². The quantitative estimate of drug-likeness (QED) is 0.834. The molecule has 2 aliphatic carbocycles. The first-order valence-corrected chi connectivity index (χ1v) is 8.27. The first-order valence-electron chi connectivity index (χ1n) is 8.27. The van der Waals surface area contributed by atoms with Crippen LogP contribution < -0.4 is 10.1 Å². The minimum Gasteiger partial charge on any atom is -0.496 e. The van der Waals surface area contributed by atoms with Crippen LogP contribution in [0.3, 0.4) is 0 Å². The summed E-state index contributed by atoms with van der Waals surface area (Å²) in [5.74, 6) is 1.71. The van der Waals surface area contributed by atoms with Crippen LogP contribution >= 0.6 is 0 Å². The van der Waals surface area contributed by atoms with Crippen LogP contribution in [0.2, 0.25) is 0 Å². The van der Waals surface area contributed by atoms with E-state index in [0.717, 1.165) is 18.3 Å². The molecule has 21 heavy (non-hydrogen) atoms. The van der Waals surface area contributed by atoms with E-state index in [1.54, 1.807) is 7.11 Å². The summed E-state index contributed by atoms with van der Waals surface area (Å²) >= 11 is 0. The number of para-hydroxylation sites is 1.